The van der Waals surface area contributed by atoms with E-state index in [1.807, 2.05) is 0 Å². The second-order valence-electron chi connectivity index (χ2n) is 16.5. The standard InChI is InChI=1S/C47H90O6/c1-5-7-9-11-13-15-16-17-18-19-23-26-30-34-38-45(48)51-41-44(53-47(50)40-36-32-28-21-14-12-10-8-6-2)42-52-46(49)39-35-31-27-24-20-22-25-29-33-37-43(3)4/h43-44H,5-42H2,1-4H3/t44-/m1/s1. The van der Waals surface area contributed by atoms with E-state index >= 15 is 0 Å². The van der Waals surface area contributed by atoms with E-state index in [1.165, 1.54) is 154 Å². The van der Waals surface area contributed by atoms with Gasteiger partial charge in [-0.05, 0) is 25.2 Å². The first kappa shape index (κ1) is 51.4. The largest absolute Gasteiger partial charge is 0.462 e. The summed E-state index contributed by atoms with van der Waals surface area (Å²) in [6.07, 6.45) is 40.9. The fourth-order valence-electron chi connectivity index (χ4n) is 6.98. The lowest BCUT2D eigenvalue weighted by molar-refractivity contribution is -0.167. The Labute approximate surface area is 329 Å². The summed E-state index contributed by atoms with van der Waals surface area (Å²) in [6.45, 7) is 8.96. The van der Waals surface area contributed by atoms with Crippen LogP contribution in [0.3, 0.4) is 0 Å². The number of esters is 3. The second kappa shape index (κ2) is 41.6. The summed E-state index contributed by atoms with van der Waals surface area (Å²) in [5.41, 5.74) is 0. The molecule has 0 aromatic rings. The molecule has 1 atom stereocenters. The van der Waals surface area contributed by atoms with E-state index in [0.717, 1.165) is 63.7 Å². The van der Waals surface area contributed by atoms with Crippen molar-refractivity contribution in [3.8, 4) is 0 Å². The van der Waals surface area contributed by atoms with Crippen LogP contribution in [0.5, 0.6) is 0 Å². The third-order valence-corrected chi connectivity index (χ3v) is 10.5. The van der Waals surface area contributed by atoms with Crippen molar-refractivity contribution in [2.75, 3.05) is 13.2 Å². The normalized spacial score (nSPS) is 11.9. The van der Waals surface area contributed by atoms with E-state index < -0.39 is 6.10 Å². The van der Waals surface area contributed by atoms with Gasteiger partial charge in [-0.25, -0.2) is 0 Å². The summed E-state index contributed by atoms with van der Waals surface area (Å²) in [4.78, 5) is 37.7. The smallest absolute Gasteiger partial charge is 0.306 e. The van der Waals surface area contributed by atoms with Crippen LogP contribution < -0.4 is 0 Å². The van der Waals surface area contributed by atoms with Gasteiger partial charge in [0, 0.05) is 19.3 Å². The van der Waals surface area contributed by atoms with Gasteiger partial charge in [0.25, 0.3) is 0 Å². The molecule has 0 aromatic carbocycles. The SMILES string of the molecule is CCCCCCCCCCCCCCCCC(=O)OC[C@H](COC(=O)CCCCCCCCCCCC(C)C)OC(=O)CCCCCCCCCCC. The van der Waals surface area contributed by atoms with Gasteiger partial charge in [0.2, 0.25) is 0 Å². The summed E-state index contributed by atoms with van der Waals surface area (Å²) in [7, 11) is 0. The van der Waals surface area contributed by atoms with Gasteiger partial charge < -0.3 is 14.2 Å². The van der Waals surface area contributed by atoms with Crippen molar-refractivity contribution in [3.63, 3.8) is 0 Å². The predicted molar refractivity (Wildman–Crippen MR) is 224 cm³/mol. The van der Waals surface area contributed by atoms with Gasteiger partial charge in [0.05, 0.1) is 0 Å². The topological polar surface area (TPSA) is 78.9 Å². The van der Waals surface area contributed by atoms with Crippen molar-refractivity contribution in [1.82, 2.24) is 0 Å². The van der Waals surface area contributed by atoms with E-state index in [1.54, 1.807) is 0 Å². The lowest BCUT2D eigenvalue weighted by Crippen LogP contribution is -2.30. The Morgan fingerprint density at radius 2 is 0.623 bits per heavy atom. The number of unbranched alkanes of at least 4 members (excludes halogenated alkanes) is 29. The number of carbonyl (C=O) groups is 3. The van der Waals surface area contributed by atoms with Gasteiger partial charge in [-0.3, -0.25) is 14.4 Å². The molecule has 53 heavy (non-hydrogen) atoms. The van der Waals surface area contributed by atoms with Crippen LogP contribution in [0.25, 0.3) is 0 Å². The molecule has 0 fully saturated rings. The summed E-state index contributed by atoms with van der Waals surface area (Å²) in [6, 6.07) is 0. The second-order valence-corrected chi connectivity index (χ2v) is 16.5. The van der Waals surface area contributed by atoms with E-state index in [4.69, 9.17) is 14.2 Å². The Morgan fingerprint density at radius 3 is 0.925 bits per heavy atom. The minimum atomic E-state index is -0.758. The van der Waals surface area contributed by atoms with Crippen LogP contribution >= 0.6 is 0 Å². The molecule has 0 aliphatic carbocycles. The summed E-state index contributed by atoms with van der Waals surface area (Å²) in [5.74, 6) is -0.0466. The highest BCUT2D eigenvalue weighted by atomic mass is 16.6. The first-order valence-corrected chi connectivity index (χ1v) is 23.4. The van der Waals surface area contributed by atoms with Crippen molar-refractivity contribution in [3.05, 3.63) is 0 Å². The Kier molecular flexibility index (Phi) is 40.3. The van der Waals surface area contributed by atoms with Crippen molar-refractivity contribution in [2.24, 2.45) is 5.92 Å². The molecule has 0 N–H and O–H groups in total. The van der Waals surface area contributed by atoms with Gasteiger partial charge in [-0.15, -0.1) is 0 Å². The number of ether oxygens (including phenoxy) is 3. The van der Waals surface area contributed by atoms with Crippen LogP contribution in [0, 0.1) is 5.92 Å². The van der Waals surface area contributed by atoms with Gasteiger partial charge in [-0.1, -0.05) is 220 Å². The molecule has 0 rings (SSSR count). The monoisotopic (exact) mass is 751 g/mol. The zero-order valence-corrected chi connectivity index (χ0v) is 36.0. The maximum absolute atomic E-state index is 12.7. The van der Waals surface area contributed by atoms with Crippen LogP contribution in [0.2, 0.25) is 0 Å². The van der Waals surface area contributed by atoms with Crippen LogP contribution in [0.1, 0.15) is 259 Å². The Bertz CT molecular complexity index is 796. The molecule has 0 aliphatic rings. The molecular weight excluding hydrogens is 661 g/mol. The molecule has 0 bridgehead atoms. The quantitative estimate of drug-likeness (QED) is 0.0351. The van der Waals surface area contributed by atoms with Gasteiger partial charge >= 0.3 is 17.9 Å². The molecule has 6 nitrogen and oxygen atoms in total. The highest BCUT2D eigenvalue weighted by Gasteiger charge is 2.19. The summed E-state index contributed by atoms with van der Waals surface area (Å²) in [5, 5.41) is 0. The fourth-order valence-corrected chi connectivity index (χ4v) is 6.98. The predicted octanol–water partition coefficient (Wildman–Crippen LogP) is 14.7. The van der Waals surface area contributed by atoms with Gasteiger partial charge in [0.1, 0.15) is 13.2 Å². The van der Waals surface area contributed by atoms with Crippen molar-refractivity contribution < 1.29 is 28.6 Å². The summed E-state index contributed by atoms with van der Waals surface area (Å²) >= 11 is 0. The number of hydrogen-bond acceptors (Lipinski definition) is 6. The lowest BCUT2D eigenvalue weighted by atomic mass is 10.0. The van der Waals surface area contributed by atoms with Crippen molar-refractivity contribution in [1.29, 1.82) is 0 Å². The summed E-state index contributed by atoms with van der Waals surface area (Å²) < 4.78 is 16.7. The van der Waals surface area contributed by atoms with Crippen LogP contribution in [0.4, 0.5) is 0 Å². The van der Waals surface area contributed by atoms with Crippen LogP contribution in [-0.2, 0) is 28.6 Å². The molecule has 314 valence electrons. The van der Waals surface area contributed by atoms with E-state index in [9.17, 15) is 14.4 Å². The van der Waals surface area contributed by atoms with E-state index in [2.05, 4.69) is 27.7 Å². The minimum Gasteiger partial charge on any atom is -0.462 e. The molecule has 0 heterocycles. The first-order chi connectivity index (χ1) is 25.9. The number of hydrogen-bond donors (Lipinski definition) is 0. The molecule has 6 heteroatoms. The van der Waals surface area contributed by atoms with Crippen molar-refractivity contribution >= 4 is 17.9 Å². The Hall–Kier alpha value is -1.59. The molecular formula is C47H90O6. The maximum Gasteiger partial charge on any atom is 0.306 e. The molecule has 0 radical (unpaired) electrons. The van der Waals surface area contributed by atoms with Crippen molar-refractivity contribution in [2.45, 2.75) is 265 Å². The first-order valence-electron chi connectivity index (χ1n) is 23.4. The number of carbonyl (C=O) groups excluding carboxylic acids is 3. The molecule has 0 unspecified atom stereocenters. The van der Waals surface area contributed by atoms with Crippen LogP contribution in [-0.4, -0.2) is 37.2 Å². The average molecular weight is 751 g/mol. The minimum absolute atomic E-state index is 0.0638. The third kappa shape index (κ3) is 41.4. The Morgan fingerprint density at radius 1 is 0.358 bits per heavy atom. The fraction of sp³-hybridized carbons (Fsp3) is 0.936. The molecule has 0 aliphatic heterocycles. The number of rotatable bonds is 42. The highest BCUT2D eigenvalue weighted by molar-refractivity contribution is 5.71. The molecule has 0 saturated carbocycles. The van der Waals surface area contributed by atoms with E-state index in [-0.39, 0.29) is 31.1 Å². The van der Waals surface area contributed by atoms with E-state index in [0.29, 0.717) is 19.3 Å². The highest BCUT2D eigenvalue weighted by Crippen LogP contribution is 2.16. The molecule has 0 amide bonds. The van der Waals surface area contributed by atoms with Gasteiger partial charge in [-0.2, -0.15) is 0 Å². The molecule has 0 spiro atoms. The zero-order chi connectivity index (χ0) is 38.9. The molecule has 0 saturated heterocycles. The van der Waals surface area contributed by atoms with Crippen LogP contribution in [0.15, 0.2) is 0 Å². The van der Waals surface area contributed by atoms with Gasteiger partial charge in [0.15, 0.2) is 6.10 Å². The third-order valence-electron chi connectivity index (χ3n) is 10.5. The molecule has 0 aromatic heterocycles. The average Bonchev–Trinajstić information content (AvgIpc) is 3.14. The zero-order valence-electron chi connectivity index (χ0n) is 36.0. The maximum atomic E-state index is 12.7. The Balaban J connectivity index is 4.28. The lowest BCUT2D eigenvalue weighted by Gasteiger charge is -2.18.